The smallest absolute Gasteiger partial charge is 0.331 e. The zero-order valence-corrected chi connectivity index (χ0v) is 18.2. The van der Waals surface area contributed by atoms with E-state index in [0.29, 0.717) is 17.2 Å². The molecule has 3 aromatic rings. The van der Waals surface area contributed by atoms with Gasteiger partial charge in [-0.3, -0.25) is 19.8 Å². The van der Waals surface area contributed by atoms with Gasteiger partial charge in [-0.1, -0.05) is 13.8 Å². The lowest BCUT2D eigenvalue weighted by atomic mass is 9.92. The van der Waals surface area contributed by atoms with Gasteiger partial charge in [-0.05, 0) is 25.1 Å². The number of nitrogens with one attached hydrogen (secondary N) is 1. The number of aliphatic hydroxyl groups is 1. The Morgan fingerprint density at radius 3 is 2.72 bits per heavy atom. The van der Waals surface area contributed by atoms with Crippen molar-refractivity contribution in [3.8, 4) is 22.8 Å². The van der Waals surface area contributed by atoms with Crippen LogP contribution in [0.4, 0.5) is 10.6 Å². The van der Waals surface area contributed by atoms with Gasteiger partial charge < -0.3 is 9.84 Å². The lowest BCUT2D eigenvalue weighted by Crippen LogP contribution is -2.43. The maximum absolute atomic E-state index is 12.5. The Kier molecular flexibility index (Phi) is 5.39. The standard InChI is InChI=1S/C22H24N6O4/c1-13-17(32-15-7-8-23-16(9-15)14-11-24-27(4)12-14)5-6-18(25-13)26-21(31)28-19(29)10-22(2,3)20(28)30/h5-9,11-12,19,29H,10H2,1-4H3,(H,25,26,31). The number of urea groups is 1. The van der Waals surface area contributed by atoms with Crippen LogP contribution in [0, 0.1) is 12.3 Å². The van der Waals surface area contributed by atoms with Crippen LogP contribution in [0.25, 0.3) is 11.3 Å². The van der Waals surface area contributed by atoms with Gasteiger partial charge in [0.1, 0.15) is 23.5 Å². The molecule has 0 spiro atoms. The van der Waals surface area contributed by atoms with Crippen LogP contribution in [0.15, 0.2) is 42.9 Å². The van der Waals surface area contributed by atoms with E-state index in [1.54, 1.807) is 62.1 Å². The molecule has 1 unspecified atom stereocenters. The number of ether oxygens (including phenoxy) is 1. The fourth-order valence-corrected chi connectivity index (χ4v) is 3.53. The number of aliphatic hydroxyl groups excluding tert-OH is 1. The molecule has 3 amide bonds. The Balaban J connectivity index is 1.47. The van der Waals surface area contributed by atoms with E-state index in [1.165, 1.54) is 0 Å². The summed E-state index contributed by atoms with van der Waals surface area (Å²) in [5.74, 6) is 0.898. The summed E-state index contributed by atoms with van der Waals surface area (Å²) in [7, 11) is 1.83. The maximum atomic E-state index is 12.5. The molecule has 1 fully saturated rings. The first-order valence-corrected chi connectivity index (χ1v) is 10.1. The van der Waals surface area contributed by atoms with Crippen LogP contribution in [-0.2, 0) is 11.8 Å². The Hall–Kier alpha value is -3.79. The summed E-state index contributed by atoms with van der Waals surface area (Å²) in [5.41, 5.74) is 1.34. The highest BCUT2D eigenvalue weighted by molar-refractivity contribution is 6.04. The number of amides is 3. The van der Waals surface area contributed by atoms with Crippen LogP contribution in [-0.4, -0.2) is 47.9 Å². The van der Waals surface area contributed by atoms with E-state index >= 15 is 0 Å². The average Bonchev–Trinajstić information content (AvgIpc) is 3.24. The topological polar surface area (TPSA) is 122 Å². The van der Waals surface area contributed by atoms with Crippen molar-refractivity contribution in [1.29, 1.82) is 0 Å². The monoisotopic (exact) mass is 436 g/mol. The lowest BCUT2D eigenvalue weighted by molar-refractivity contribution is -0.134. The summed E-state index contributed by atoms with van der Waals surface area (Å²) in [6.07, 6.45) is 4.25. The normalized spacial score (nSPS) is 17.5. The van der Waals surface area contributed by atoms with E-state index in [1.807, 2.05) is 13.2 Å². The third kappa shape index (κ3) is 4.17. The van der Waals surface area contributed by atoms with Crippen molar-refractivity contribution < 1.29 is 19.4 Å². The van der Waals surface area contributed by atoms with Gasteiger partial charge >= 0.3 is 6.03 Å². The molecule has 0 saturated carbocycles. The minimum absolute atomic E-state index is 0.186. The van der Waals surface area contributed by atoms with E-state index in [-0.39, 0.29) is 12.2 Å². The number of carbonyl (C=O) groups is 2. The maximum Gasteiger partial charge on any atom is 0.331 e. The van der Waals surface area contributed by atoms with Crippen LogP contribution in [0.2, 0.25) is 0 Å². The van der Waals surface area contributed by atoms with Crippen molar-refractivity contribution >= 4 is 17.8 Å². The van der Waals surface area contributed by atoms with Gasteiger partial charge in [-0.2, -0.15) is 5.10 Å². The number of hydrogen-bond donors (Lipinski definition) is 2. The minimum Gasteiger partial charge on any atom is -0.455 e. The van der Waals surface area contributed by atoms with Gasteiger partial charge in [0.2, 0.25) is 5.91 Å². The lowest BCUT2D eigenvalue weighted by Gasteiger charge is -2.20. The quantitative estimate of drug-likeness (QED) is 0.644. The highest BCUT2D eigenvalue weighted by Gasteiger charge is 2.47. The molecule has 0 aromatic carbocycles. The van der Waals surface area contributed by atoms with Crippen molar-refractivity contribution in [2.75, 3.05) is 5.32 Å². The van der Waals surface area contributed by atoms with Gasteiger partial charge in [0.05, 0.1) is 17.6 Å². The first-order valence-electron chi connectivity index (χ1n) is 10.1. The molecule has 4 rings (SSSR count). The van der Waals surface area contributed by atoms with Crippen LogP contribution in [0.1, 0.15) is 26.0 Å². The summed E-state index contributed by atoms with van der Waals surface area (Å²) >= 11 is 0. The van der Waals surface area contributed by atoms with Crippen molar-refractivity contribution in [2.45, 2.75) is 33.4 Å². The van der Waals surface area contributed by atoms with E-state index in [9.17, 15) is 14.7 Å². The SMILES string of the molecule is Cc1nc(NC(=O)N2C(=O)C(C)(C)CC2O)ccc1Oc1ccnc(-c2cnn(C)c2)c1. The minimum atomic E-state index is -1.16. The average molecular weight is 436 g/mol. The zero-order chi connectivity index (χ0) is 23.0. The Labute approximate surface area is 184 Å². The number of nitrogens with zero attached hydrogens (tertiary/aromatic N) is 5. The molecule has 4 heterocycles. The molecule has 32 heavy (non-hydrogen) atoms. The molecular weight excluding hydrogens is 412 g/mol. The summed E-state index contributed by atoms with van der Waals surface area (Å²) in [6.45, 7) is 5.13. The Morgan fingerprint density at radius 2 is 2.09 bits per heavy atom. The van der Waals surface area contributed by atoms with Gasteiger partial charge in [0.15, 0.2) is 0 Å². The molecule has 2 N–H and O–H groups in total. The van der Waals surface area contributed by atoms with E-state index in [0.717, 1.165) is 16.2 Å². The molecule has 1 atom stereocenters. The van der Waals surface area contributed by atoms with Crippen molar-refractivity contribution in [3.63, 3.8) is 0 Å². The van der Waals surface area contributed by atoms with Crippen molar-refractivity contribution in [3.05, 3.63) is 48.5 Å². The molecule has 3 aromatic heterocycles. The van der Waals surface area contributed by atoms with E-state index in [2.05, 4.69) is 20.4 Å². The number of hydrogen-bond acceptors (Lipinski definition) is 7. The van der Waals surface area contributed by atoms with E-state index in [4.69, 9.17) is 4.74 Å². The second kappa shape index (κ2) is 8.04. The molecular formula is C22H24N6O4. The van der Waals surface area contributed by atoms with Crippen LogP contribution >= 0.6 is 0 Å². The number of likely N-dealkylation sites (tertiary alicyclic amines) is 1. The molecule has 1 aliphatic rings. The molecule has 1 saturated heterocycles. The summed E-state index contributed by atoms with van der Waals surface area (Å²) in [6, 6.07) is 6.06. The van der Waals surface area contributed by atoms with Gasteiger partial charge in [0, 0.05) is 42.9 Å². The second-order valence-electron chi connectivity index (χ2n) is 8.34. The fourth-order valence-electron chi connectivity index (χ4n) is 3.53. The molecule has 1 aliphatic heterocycles. The molecule has 0 bridgehead atoms. The number of aryl methyl sites for hydroxylation is 2. The highest BCUT2D eigenvalue weighted by atomic mass is 16.5. The first-order chi connectivity index (χ1) is 15.1. The van der Waals surface area contributed by atoms with Gasteiger partial charge in [0.25, 0.3) is 0 Å². The number of imide groups is 1. The summed E-state index contributed by atoms with van der Waals surface area (Å²) in [4.78, 5) is 34.4. The Bertz CT molecular complexity index is 1190. The molecule has 0 aliphatic carbocycles. The molecule has 166 valence electrons. The predicted octanol–water partition coefficient (Wildman–Crippen LogP) is 3.09. The van der Waals surface area contributed by atoms with Crippen LogP contribution in [0.5, 0.6) is 11.5 Å². The van der Waals surface area contributed by atoms with E-state index < -0.39 is 23.6 Å². The number of rotatable bonds is 4. The number of pyridine rings is 2. The van der Waals surface area contributed by atoms with Gasteiger partial charge in [-0.25, -0.2) is 14.7 Å². The Morgan fingerprint density at radius 1 is 1.31 bits per heavy atom. The summed E-state index contributed by atoms with van der Waals surface area (Å²) < 4.78 is 7.65. The second-order valence-corrected chi connectivity index (χ2v) is 8.34. The predicted molar refractivity (Wildman–Crippen MR) is 116 cm³/mol. The van der Waals surface area contributed by atoms with Crippen molar-refractivity contribution in [1.82, 2.24) is 24.6 Å². The van der Waals surface area contributed by atoms with Crippen molar-refractivity contribution in [2.24, 2.45) is 12.5 Å². The zero-order valence-electron chi connectivity index (χ0n) is 18.2. The largest absolute Gasteiger partial charge is 0.455 e. The summed E-state index contributed by atoms with van der Waals surface area (Å²) in [5, 5.41) is 16.8. The third-order valence-electron chi connectivity index (χ3n) is 5.24. The third-order valence-corrected chi connectivity index (χ3v) is 5.24. The van der Waals surface area contributed by atoms with Gasteiger partial charge in [-0.15, -0.1) is 0 Å². The fraction of sp³-hybridized carbons (Fsp3) is 0.318. The molecule has 0 radical (unpaired) electrons. The number of anilines is 1. The highest BCUT2D eigenvalue weighted by Crippen LogP contribution is 2.34. The number of aromatic nitrogens is 4. The molecule has 10 heteroatoms. The molecule has 10 nitrogen and oxygen atoms in total. The number of carbonyl (C=O) groups excluding carboxylic acids is 2. The van der Waals surface area contributed by atoms with Crippen LogP contribution in [0.3, 0.4) is 0 Å². The van der Waals surface area contributed by atoms with Crippen LogP contribution < -0.4 is 10.1 Å². The first kappa shape index (κ1) is 21.4.